The summed E-state index contributed by atoms with van der Waals surface area (Å²) in [6, 6.07) is 7.74. The van der Waals surface area contributed by atoms with Crippen LogP contribution in [0.3, 0.4) is 0 Å². The molecule has 4 nitrogen and oxygen atoms in total. The van der Waals surface area contributed by atoms with Crippen molar-refractivity contribution in [2.45, 2.75) is 52.1 Å². The average molecular weight is 337 g/mol. The van der Waals surface area contributed by atoms with Gasteiger partial charge in [-0.2, -0.15) is 0 Å². The molecule has 1 aliphatic rings. The van der Waals surface area contributed by atoms with Crippen molar-refractivity contribution in [3.05, 3.63) is 34.9 Å². The van der Waals surface area contributed by atoms with Crippen LogP contribution in [0.1, 0.15) is 45.1 Å². The van der Waals surface area contributed by atoms with E-state index in [1.807, 2.05) is 23.1 Å². The van der Waals surface area contributed by atoms with Gasteiger partial charge >= 0.3 is 0 Å². The molecule has 126 valence electrons. The van der Waals surface area contributed by atoms with Gasteiger partial charge in [0.25, 0.3) is 0 Å². The minimum atomic E-state index is -0.108. The van der Waals surface area contributed by atoms with Crippen LogP contribution in [0.15, 0.2) is 24.3 Å². The average Bonchev–Trinajstić information content (AvgIpc) is 2.55. The van der Waals surface area contributed by atoms with Crippen molar-refractivity contribution in [3.63, 3.8) is 0 Å². The van der Waals surface area contributed by atoms with E-state index in [0.29, 0.717) is 17.6 Å². The first-order valence-electron chi connectivity index (χ1n) is 8.31. The summed E-state index contributed by atoms with van der Waals surface area (Å²) in [5.41, 5.74) is 0.864. The Hall–Kier alpha value is -1.55. The summed E-state index contributed by atoms with van der Waals surface area (Å²) in [6.45, 7) is 4.90. The second-order valence-corrected chi connectivity index (χ2v) is 6.52. The van der Waals surface area contributed by atoms with Crippen LogP contribution >= 0.6 is 11.6 Å². The van der Waals surface area contributed by atoms with E-state index in [-0.39, 0.29) is 18.4 Å². The van der Waals surface area contributed by atoms with Gasteiger partial charge in [0.2, 0.25) is 11.8 Å². The number of hydrogen-bond donors (Lipinski definition) is 0. The van der Waals surface area contributed by atoms with E-state index in [0.717, 1.165) is 31.4 Å². The van der Waals surface area contributed by atoms with Crippen LogP contribution in [0, 0.1) is 0 Å². The highest BCUT2D eigenvalue weighted by molar-refractivity contribution is 6.31. The fourth-order valence-corrected chi connectivity index (χ4v) is 3.31. The van der Waals surface area contributed by atoms with Gasteiger partial charge in [0.05, 0.1) is 0 Å². The van der Waals surface area contributed by atoms with E-state index >= 15 is 0 Å². The molecule has 1 heterocycles. The van der Waals surface area contributed by atoms with Crippen LogP contribution in [0.5, 0.6) is 0 Å². The molecule has 0 bridgehead atoms. The molecule has 1 aliphatic heterocycles. The number of nitrogens with zero attached hydrogens (tertiary/aromatic N) is 2. The number of carbonyl (C=O) groups excluding carboxylic acids is 2. The highest BCUT2D eigenvalue weighted by atomic mass is 35.5. The van der Waals surface area contributed by atoms with Crippen LogP contribution in [-0.4, -0.2) is 40.7 Å². The first kappa shape index (κ1) is 17.8. The molecule has 0 saturated carbocycles. The summed E-state index contributed by atoms with van der Waals surface area (Å²) in [7, 11) is 0. The van der Waals surface area contributed by atoms with Crippen molar-refractivity contribution in [1.29, 1.82) is 0 Å². The van der Waals surface area contributed by atoms with Crippen molar-refractivity contribution in [2.24, 2.45) is 0 Å². The zero-order valence-corrected chi connectivity index (χ0v) is 14.7. The second-order valence-electron chi connectivity index (χ2n) is 6.11. The van der Waals surface area contributed by atoms with Crippen LogP contribution in [0.4, 0.5) is 0 Å². The third-order valence-corrected chi connectivity index (χ3v) is 4.88. The number of amides is 2. The standard InChI is InChI=1S/C18H25ClN2O2/c1-3-16-9-6-7-11-21(16)18(23)13-20(14(2)22)12-15-8-4-5-10-17(15)19/h4-5,8,10,16H,3,6-7,9,11-13H2,1-2H3. The third-order valence-electron chi connectivity index (χ3n) is 4.51. The molecular weight excluding hydrogens is 312 g/mol. The lowest BCUT2D eigenvalue weighted by molar-refractivity contribution is -0.142. The Morgan fingerprint density at radius 1 is 1.30 bits per heavy atom. The van der Waals surface area contributed by atoms with Gasteiger partial charge in [-0.25, -0.2) is 0 Å². The largest absolute Gasteiger partial charge is 0.338 e. The predicted molar refractivity (Wildman–Crippen MR) is 92.2 cm³/mol. The Labute approximate surface area is 143 Å². The van der Waals surface area contributed by atoms with Crippen molar-refractivity contribution < 1.29 is 9.59 Å². The van der Waals surface area contributed by atoms with E-state index in [2.05, 4.69) is 6.92 Å². The quantitative estimate of drug-likeness (QED) is 0.826. The van der Waals surface area contributed by atoms with Crippen LogP contribution in [0.25, 0.3) is 0 Å². The molecule has 1 atom stereocenters. The summed E-state index contributed by atoms with van der Waals surface area (Å²) < 4.78 is 0. The van der Waals surface area contributed by atoms with Crippen LogP contribution in [0.2, 0.25) is 5.02 Å². The summed E-state index contributed by atoms with van der Waals surface area (Å²) in [5.74, 6) is -0.0675. The van der Waals surface area contributed by atoms with Gasteiger partial charge < -0.3 is 9.80 Å². The van der Waals surface area contributed by atoms with Gasteiger partial charge in [-0.1, -0.05) is 36.7 Å². The Kier molecular flexibility index (Phi) is 6.46. The monoisotopic (exact) mass is 336 g/mol. The maximum atomic E-state index is 12.7. The molecule has 1 fully saturated rings. The van der Waals surface area contributed by atoms with Gasteiger partial charge in [0, 0.05) is 31.1 Å². The SMILES string of the molecule is CCC1CCCCN1C(=O)CN(Cc1ccccc1Cl)C(C)=O. The Balaban J connectivity index is 2.05. The lowest BCUT2D eigenvalue weighted by Crippen LogP contribution is -2.48. The van der Waals surface area contributed by atoms with Crippen molar-refractivity contribution in [1.82, 2.24) is 9.80 Å². The van der Waals surface area contributed by atoms with E-state index in [1.165, 1.54) is 13.3 Å². The fraction of sp³-hybridized carbons (Fsp3) is 0.556. The number of likely N-dealkylation sites (tertiary alicyclic amines) is 1. The lowest BCUT2D eigenvalue weighted by atomic mass is 10.00. The Morgan fingerprint density at radius 2 is 2.04 bits per heavy atom. The third kappa shape index (κ3) is 4.71. The molecule has 1 unspecified atom stereocenters. The minimum Gasteiger partial charge on any atom is -0.338 e. The molecule has 1 aromatic carbocycles. The molecular formula is C18H25ClN2O2. The smallest absolute Gasteiger partial charge is 0.242 e. The van der Waals surface area contributed by atoms with E-state index in [1.54, 1.807) is 11.0 Å². The van der Waals surface area contributed by atoms with E-state index in [4.69, 9.17) is 11.6 Å². The van der Waals surface area contributed by atoms with Gasteiger partial charge in [-0.3, -0.25) is 9.59 Å². The first-order valence-corrected chi connectivity index (χ1v) is 8.69. The summed E-state index contributed by atoms with van der Waals surface area (Å²) in [6.07, 6.45) is 4.26. The molecule has 0 spiro atoms. The molecule has 2 amide bonds. The number of rotatable bonds is 5. The van der Waals surface area contributed by atoms with E-state index < -0.39 is 0 Å². The van der Waals surface area contributed by atoms with Crippen molar-refractivity contribution >= 4 is 23.4 Å². The fourth-order valence-electron chi connectivity index (χ4n) is 3.12. The highest BCUT2D eigenvalue weighted by Crippen LogP contribution is 2.21. The minimum absolute atomic E-state index is 0.0406. The Bertz CT molecular complexity index is 562. The topological polar surface area (TPSA) is 40.6 Å². The molecule has 2 rings (SSSR count). The molecule has 23 heavy (non-hydrogen) atoms. The number of hydrogen-bond acceptors (Lipinski definition) is 2. The molecule has 1 saturated heterocycles. The van der Waals surface area contributed by atoms with Crippen LogP contribution < -0.4 is 0 Å². The molecule has 0 aromatic heterocycles. The number of halogens is 1. The summed E-state index contributed by atoms with van der Waals surface area (Å²) in [5, 5.41) is 0.621. The first-order chi connectivity index (χ1) is 11.0. The van der Waals surface area contributed by atoms with Gasteiger partial charge in [-0.05, 0) is 37.3 Å². The predicted octanol–water partition coefficient (Wildman–Crippen LogP) is 3.48. The maximum Gasteiger partial charge on any atom is 0.242 e. The van der Waals surface area contributed by atoms with Gasteiger partial charge in [0.15, 0.2) is 0 Å². The summed E-state index contributed by atoms with van der Waals surface area (Å²) >= 11 is 6.17. The van der Waals surface area contributed by atoms with Crippen LogP contribution in [-0.2, 0) is 16.1 Å². The Morgan fingerprint density at radius 3 is 2.70 bits per heavy atom. The molecule has 0 radical (unpaired) electrons. The van der Waals surface area contributed by atoms with Crippen molar-refractivity contribution in [3.8, 4) is 0 Å². The van der Waals surface area contributed by atoms with Gasteiger partial charge in [-0.15, -0.1) is 0 Å². The zero-order valence-electron chi connectivity index (χ0n) is 13.9. The summed E-state index contributed by atoms with van der Waals surface area (Å²) in [4.78, 5) is 28.1. The number of piperidine rings is 1. The van der Waals surface area contributed by atoms with Gasteiger partial charge in [0.1, 0.15) is 6.54 Å². The highest BCUT2D eigenvalue weighted by Gasteiger charge is 2.27. The molecule has 0 aliphatic carbocycles. The molecule has 5 heteroatoms. The normalized spacial score (nSPS) is 17.9. The second kappa shape index (κ2) is 8.34. The number of carbonyl (C=O) groups is 2. The van der Waals surface area contributed by atoms with Crippen molar-refractivity contribution in [2.75, 3.05) is 13.1 Å². The van der Waals surface area contributed by atoms with E-state index in [9.17, 15) is 9.59 Å². The maximum absolute atomic E-state index is 12.7. The zero-order chi connectivity index (χ0) is 16.8. The molecule has 0 N–H and O–H groups in total. The molecule has 1 aromatic rings. The lowest BCUT2D eigenvalue weighted by Gasteiger charge is -2.36. The number of benzene rings is 1.